The van der Waals surface area contributed by atoms with Gasteiger partial charge in [-0.1, -0.05) is 11.8 Å². The number of carbonyl (C=O) groups excluding carboxylic acids is 2. The van der Waals surface area contributed by atoms with Crippen LogP contribution in [0.3, 0.4) is 0 Å². The highest BCUT2D eigenvalue weighted by molar-refractivity contribution is 9.10. The molecule has 0 spiro atoms. The van der Waals surface area contributed by atoms with Gasteiger partial charge in [-0.2, -0.15) is 0 Å². The zero-order valence-corrected chi connectivity index (χ0v) is 16.9. The van der Waals surface area contributed by atoms with Crippen LogP contribution in [0.25, 0.3) is 11.2 Å². The van der Waals surface area contributed by atoms with Crippen LogP contribution in [0.2, 0.25) is 0 Å². The van der Waals surface area contributed by atoms with Crippen LogP contribution in [-0.4, -0.2) is 31.9 Å². The summed E-state index contributed by atoms with van der Waals surface area (Å²) in [5.74, 6) is -0.150. The van der Waals surface area contributed by atoms with Gasteiger partial charge in [0.2, 0.25) is 5.91 Å². The fourth-order valence-electron chi connectivity index (χ4n) is 2.29. The third-order valence-corrected chi connectivity index (χ3v) is 5.58. The Kier molecular flexibility index (Phi) is 5.43. The first-order valence-electron chi connectivity index (χ1n) is 7.95. The number of imidazole rings is 1. The van der Waals surface area contributed by atoms with E-state index in [4.69, 9.17) is 0 Å². The van der Waals surface area contributed by atoms with E-state index in [1.807, 2.05) is 19.9 Å². The maximum atomic E-state index is 12.4. The molecule has 3 rings (SSSR count). The molecule has 0 fully saturated rings. The molecular formula is C18H17BrN4O2S. The smallest absolute Gasteiger partial charge is 0.237 e. The molecular weight excluding hydrogens is 416 g/mol. The number of halogens is 1. The number of carbonyl (C=O) groups is 2. The minimum Gasteiger partial charge on any atom is -0.331 e. The number of ketones is 1. The number of anilines is 1. The van der Waals surface area contributed by atoms with Crippen LogP contribution in [0.15, 0.2) is 40.0 Å². The van der Waals surface area contributed by atoms with E-state index < -0.39 is 0 Å². The second-order valence-electron chi connectivity index (χ2n) is 5.85. The fourth-order valence-corrected chi connectivity index (χ4v) is 3.42. The minimum absolute atomic E-state index is 0.00725. The number of H-pyrrole nitrogens is 1. The van der Waals surface area contributed by atoms with Gasteiger partial charge in [-0.15, -0.1) is 0 Å². The van der Waals surface area contributed by atoms with Crippen LogP contribution in [0.1, 0.15) is 29.9 Å². The molecule has 0 bridgehead atoms. The molecule has 3 aromatic rings. The maximum Gasteiger partial charge on any atom is 0.237 e. The molecule has 0 aliphatic rings. The predicted octanol–water partition coefficient (Wildman–Crippen LogP) is 4.35. The Balaban J connectivity index is 1.68. The van der Waals surface area contributed by atoms with E-state index in [9.17, 15) is 9.59 Å². The number of hydrogen-bond donors (Lipinski definition) is 2. The summed E-state index contributed by atoms with van der Waals surface area (Å²) in [6.45, 7) is 5.22. The van der Waals surface area contributed by atoms with Crippen molar-refractivity contribution in [1.29, 1.82) is 0 Å². The first-order valence-corrected chi connectivity index (χ1v) is 9.62. The molecule has 0 saturated heterocycles. The van der Waals surface area contributed by atoms with Gasteiger partial charge < -0.3 is 10.3 Å². The zero-order valence-electron chi connectivity index (χ0n) is 14.5. The highest BCUT2D eigenvalue weighted by atomic mass is 79.9. The third-order valence-electron chi connectivity index (χ3n) is 3.80. The molecule has 0 aliphatic heterocycles. The number of benzene rings is 1. The van der Waals surface area contributed by atoms with E-state index in [1.54, 1.807) is 24.3 Å². The zero-order chi connectivity index (χ0) is 18.8. The van der Waals surface area contributed by atoms with E-state index in [1.165, 1.54) is 18.7 Å². The number of fused-ring (bicyclic) bond motifs is 1. The highest BCUT2D eigenvalue weighted by Gasteiger charge is 2.17. The SMILES string of the molecule is CC(=O)c1ccc(NC(=O)C(C)Sc2nc3nc(C)c(Br)cc3[nH]2)cc1. The number of pyridine rings is 1. The van der Waals surface area contributed by atoms with E-state index in [0.29, 0.717) is 22.1 Å². The van der Waals surface area contributed by atoms with Crippen LogP contribution in [-0.2, 0) is 4.79 Å². The Morgan fingerprint density at radius 2 is 1.92 bits per heavy atom. The number of rotatable bonds is 5. The van der Waals surface area contributed by atoms with Gasteiger partial charge in [0, 0.05) is 15.7 Å². The van der Waals surface area contributed by atoms with E-state index in [2.05, 4.69) is 36.2 Å². The summed E-state index contributed by atoms with van der Waals surface area (Å²) in [6.07, 6.45) is 0. The van der Waals surface area contributed by atoms with Gasteiger partial charge in [-0.3, -0.25) is 9.59 Å². The molecule has 0 saturated carbocycles. The number of thioether (sulfide) groups is 1. The third kappa shape index (κ3) is 4.13. The van der Waals surface area contributed by atoms with Crippen molar-refractivity contribution in [3.63, 3.8) is 0 Å². The molecule has 1 amide bonds. The molecule has 1 atom stereocenters. The molecule has 1 unspecified atom stereocenters. The summed E-state index contributed by atoms with van der Waals surface area (Å²) >= 11 is 4.78. The molecule has 2 heterocycles. The summed E-state index contributed by atoms with van der Waals surface area (Å²) < 4.78 is 0.907. The quantitative estimate of drug-likeness (QED) is 0.462. The molecule has 0 aliphatic carbocycles. The van der Waals surface area contributed by atoms with Crippen molar-refractivity contribution in [2.45, 2.75) is 31.2 Å². The molecule has 6 nitrogen and oxygen atoms in total. The molecule has 134 valence electrons. The second kappa shape index (κ2) is 7.59. The van der Waals surface area contributed by atoms with Gasteiger partial charge >= 0.3 is 0 Å². The van der Waals surface area contributed by atoms with Gasteiger partial charge in [-0.25, -0.2) is 9.97 Å². The lowest BCUT2D eigenvalue weighted by atomic mass is 10.1. The van der Waals surface area contributed by atoms with Gasteiger partial charge in [0.05, 0.1) is 16.5 Å². The molecule has 2 aromatic heterocycles. The summed E-state index contributed by atoms with van der Waals surface area (Å²) in [5.41, 5.74) is 3.57. The Bertz CT molecular complexity index is 946. The van der Waals surface area contributed by atoms with Crippen molar-refractivity contribution in [3.8, 4) is 0 Å². The van der Waals surface area contributed by atoms with E-state index >= 15 is 0 Å². The lowest BCUT2D eigenvalue weighted by Gasteiger charge is -2.10. The molecule has 2 N–H and O–H groups in total. The van der Waals surface area contributed by atoms with Gasteiger partial charge in [-0.05, 0) is 67.0 Å². The van der Waals surface area contributed by atoms with Gasteiger partial charge in [0.25, 0.3) is 0 Å². The first kappa shape index (κ1) is 18.6. The normalized spacial score (nSPS) is 12.2. The Labute approximate surface area is 163 Å². The summed E-state index contributed by atoms with van der Waals surface area (Å²) in [4.78, 5) is 35.7. The van der Waals surface area contributed by atoms with Crippen molar-refractivity contribution in [2.24, 2.45) is 0 Å². The van der Waals surface area contributed by atoms with Gasteiger partial charge in [0.15, 0.2) is 16.6 Å². The number of nitrogens with zero attached hydrogens (tertiary/aromatic N) is 2. The Hall–Kier alpha value is -2.19. The number of aromatic amines is 1. The molecule has 8 heteroatoms. The van der Waals surface area contributed by atoms with Crippen LogP contribution in [0, 0.1) is 6.92 Å². The number of aromatic nitrogens is 3. The van der Waals surface area contributed by atoms with Crippen LogP contribution in [0.5, 0.6) is 0 Å². The van der Waals surface area contributed by atoms with Gasteiger partial charge in [0.1, 0.15) is 0 Å². The number of nitrogens with one attached hydrogen (secondary N) is 2. The minimum atomic E-state index is -0.354. The van der Waals surface area contributed by atoms with Crippen molar-refractivity contribution in [2.75, 3.05) is 5.32 Å². The van der Waals surface area contributed by atoms with Crippen molar-refractivity contribution < 1.29 is 9.59 Å². The Morgan fingerprint density at radius 3 is 2.58 bits per heavy atom. The Morgan fingerprint density at radius 1 is 1.23 bits per heavy atom. The molecule has 0 radical (unpaired) electrons. The van der Waals surface area contributed by atoms with Crippen LogP contribution in [0.4, 0.5) is 5.69 Å². The fraction of sp³-hybridized carbons (Fsp3) is 0.222. The topological polar surface area (TPSA) is 87.7 Å². The summed E-state index contributed by atoms with van der Waals surface area (Å²) in [7, 11) is 0. The second-order valence-corrected chi connectivity index (χ2v) is 8.04. The summed E-state index contributed by atoms with van der Waals surface area (Å²) in [5, 5.41) is 3.13. The average Bonchev–Trinajstić information content (AvgIpc) is 2.96. The summed E-state index contributed by atoms with van der Waals surface area (Å²) in [6, 6.07) is 8.76. The monoisotopic (exact) mass is 432 g/mol. The van der Waals surface area contributed by atoms with Crippen LogP contribution >= 0.6 is 27.7 Å². The van der Waals surface area contributed by atoms with E-state index in [-0.39, 0.29) is 16.9 Å². The van der Waals surface area contributed by atoms with Crippen LogP contribution < -0.4 is 5.32 Å². The largest absolute Gasteiger partial charge is 0.331 e. The molecule has 26 heavy (non-hydrogen) atoms. The lowest BCUT2D eigenvalue weighted by Crippen LogP contribution is -2.22. The van der Waals surface area contributed by atoms with Crippen molar-refractivity contribution >= 4 is 56.2 Å². The highest BCUT2D eigenvalue weighted by Crippen LogP contribution is 2.26. The lowest BCUT2D eigenvalue weighted by molar-refractivity contribution is -0.115. The molecule has 1 aromatic carbocycles. The van der Waals surface area contributed by atoms with Crippen molar-refractivity contribution in [3.05, 3.63) is 46.1 Å². The average molecular weight is 433 g/mol. The van der Waals surface area contributed by atoms with Crippen molar-refractivity contribution in [1.82, 2.24) is 15.0 Å². The number of amides is 1. The number of Topliss-reactive ketones (excluding diaryl/α,β-unsaturated/α-hetero) is 1. The standard InChI is InChI=1S/C18H17BrN4O2S/c1-9-14(19)8-15-16(20-9)23-18(22-15)26-11(3)17(25)21-13-6-4-12(5-7-13)10(2)24/h4-8,11H,1-3H3,(H,21,25)(H,20,22,23). The number of aryl methyl sites for hydroxylation is 1. The van der Waals surface area contributed by atoms with E-state index in [0.717, 1.165) is 15.7 Å². The number of hydrogen-bond acceptors (Lipinski definition) is 5. The first-order chi connectivity index (χ1) is 12.3. The maximum absolute atomic E-state index is 12.4. The predicted molar refractivity (Wildman–Crippen MR) is 107 cm³/mol.